The highest BCUT2D eigenvalue weighted by molar-refractivity contribution is 5.24. The van der Waals surface area contributed by atoms with E-state index < -0.39 is 0 Å². The third-order valence-electron chi connectivity index (χ3n) is 4.33. The molecular weight excluding hydrogens is 232 g/mol. The van der Waals surface area contributed by atoms with Crippen LogP contribution in [-0.2, 0) is 4.74 Å². The average molecular weight is 252 g/mol. The molecule has 1 saturated heterocycles. The molecule has 0 amide bonds. The van der Waals surface area contributed by atoms with Crippen LogP contribution in [0.15, 0.2) is 60.7 Å². The van der Waals surface area contributed by atoms with Crippen molar-refractivity contribution in [2.45, 2.75) is 26.1 Å². The SMILES string of the molecule is CC1C(c2ccccc2)OC(c2ccccc2)C1C. The van der Waals surface area contributed by atoms with Gasteiger partial charge in [0.05, 0.1) is 12.2 Å². The van der Waals surface area contributed by atoms with E-state index in [0.717, 1.165) is 0 Å². The van der Waals surface area contributed by atoms with Gasteiger partial charge in [0.25, 0.3) is 0 Å². The lowest BCUT2D eigenvalue weighted by Gasteiger charge is -2.16. The van der Waals surface area contributed by atoms with Crippen LogP contribution in [0.1, 0.15) is 37.2 Å². The molecule has 0 bridgehead atoms. The van der Waals surface area contributed by atoms with Crippen molar-refractivity contribution < 1.29 is 4.74 Å². The summed E-state index contributed by atoms with van der Waals surface area (Å²) in [7, 11) is 0. The predicted octanol–water partition coefficient (Wildman–Crippen LogP) is 4.77. The van der Waals surface area contributed by atoms with Crippen LogP contribution < -0.4 is 0 Å². The Hall–Kier alpha value is -1.60. The van der Waals surface area contributed by atoms with E-state index in [1.165, 1.54) is 11.1 Å². The normalized spacial score (nSPS) is 30.4. The summed E-state index contributed by atoms with van der Waals surface area (Å²) in [6.07, 6.45) is 0.419. The van der Waals surface area contributed by atoms with Crippen molar-refractivity contribution in [1.29, 1.82) is 0 Å². The van der Waals surface area contributed by atoms with Crippen LogP contribution in [0.25, 0.3) is 0 Å². The van der Waals surface area contributed by atoms with Crippen LogP contribution in [0.2, 0.25) is 0 Å². The quantitative estimate of drug-likeness (QED) is 0.748. The molecule has 1 fully saturated rings. The highest BCUT2D eigenvalue weighted by atomic mass is 16.5. The molecule has 98 valence electrons. The van der Waals surface area contributed by atoms with Crippen LogP contribution in [-0.4, -0.2) is 0 Å². The van der Waals surface area contributed by atoms with Crippen molar-refractivity contribution in [3.8, 4) is 0 Å². The van der Waals surface area contributed by atoms with E-state index in [1.54, 1.807) is 0 Å². The molecular formula is C18H20O. The van der Waals surface area contributed by atoms with Crippen LogP contribution in [0.5, 0.6) is 0 Å². The zero-order valence-electron chi connectivity index (χ0n) is 11.5. The summed E-state index contributed by atoms with van der Waals surface area (Å²) in [4.78, 5) is 0. The Bertz CT molecular complexity index is 470. The third-order valence-corrected chi connectivity index (χ3v) is 4.33. The first kappa shape index (κ1) is 12.4. The maximum atomic E-state index is 6.36. The fourth-order valence-electron chi connectivity index (χ4n) is 3.01. The van der Waals surface area contributed by atoms with Gasteiger partial charge in [0.2, 0.25) is 0 Å². The van der Waals surface area contributed by atoms with Gasteiger partial charge in [-0.1, -0.05) is 74.5 Å². The van der Waals surface area contributed by atoms with Gasteiger partial charge in [0, 0.05) is 0 Å². The topological polar surface area (TPSA) is 9.23 Å². The first-order valence-electron chi connectivity index (χ1n) is 7.02. The first-order chi connectivity index (χ1) is 9.27. The van der Waals surface area contributed by atoms with E-state index >= 15 is 0 Å². The van der Waals surface area contributed by atoms with Crippen molar-refractivity contribution >= 4 is 0 Å². The van der Waals surface area contributed by atoms with Crippen LogP contribution in [0, 0.1) is 11.8 Å². The Balaban J connectivity index is 1.88. The largest absolute Gasteiger partial charge is 0.365 e. The zero-order valence-corrected chi connectivity index (χ0v) is 11.5. The second-order valence-corrected chi connectivity index (χ2v) is 5.52. The van der Waals surface area contributed by atoms with Gasteiger partial charge in [-0.25, -0.2) is 0 Å². The summed E-state index contributed by atoms with van der Waals surface area (Å²) < 4.78 is 6.36. The average Bonchev–Trinajstić information content (AvgIpc) is 2.77. The van der Waals surface area contributed by atoms with E-state index in [1.807, 2.05) is 0 Å². The fraction of sp³-hybridized carbons (Fsp3) is 0.333. The molecule has 0 saturated carbocycles. The van der Waals surface area contributed by atoms with Gasteiger partial charge in [0.1, 0.15) is 0 Å². The minimum Gasteiger partial charge on any atom is -0.365 e. The smallest absolute Gasteiger partial charge is 0.0862 e. The molecule has 2 aromatic rings. The van der Waals surface area contributed by atoms with Gasteiger partial charge in [0.15, 0.2) is 0 Å². The zero-order chi connectivity index (χ0) is 13.2. The minimum atomic E-state index is 0.210. The Labute approximate surface area is 115 Å². The third kappa shape index (κ3) is 2.31. The molecule has 2 aromatic carbocycles. The van der Waals surface area contributed by atoms with Gasteiger partial charge in [-0.15, -0.1) is 0 Å². The first-order valence-corrected chi connectivity index (χ1v) is 7.02. The summed E-state index contributed by atoms with van der Waals surface area (Å²) in [5.41, 5.74) is 2.58. The Morgan fingerprint density at radius 2 is 1.00 bits per heavy atom. The molecule has 4 atom stereocenters. The highest BCUT2D eigenvalue weighted by Gasteiger charge is 2.40. The van der Waals surface area contributed by atoms with E-state index in [9.17, 15) is 0 Å². The summed E-state index contributed by atoms with van der Waals surface area (Å²) in [5, 5.41) is 0. The summed E-state index contributed by atoms with van der Waals surface area (Å²) in [6, 6.07) is 21.1. The lowest BCUT2D eigenvalue weighted by molar-refractivity contribution is 0.0290. The molecule has 3 rings (SSSR count). The second kappa shape index (κ2) is 5.18. The summed E-state index contributed by atoms with van der Waals surface area (Å²) in [6.45, 7) is 4.59. The van der Waals surface area contributed by atoms with Gasteiger partial charge in [-0.3, -0.25) is 0 Å². The summed E-state index contributed by atoms with van der Waals surface area (Å²) in [5.74, 6) is 1.07. The number of hydrogen-bond acceptors (Lipinski definition) is 1. The van der Waals surface area contributed by atoms with Gasteiger partial charge < -0.3 is 4.74 Å². The molecule has 0 radical (unpaired) electrons. The number of ether oxygens (including phenoxy) is 1. The molecule has 4 unspecified atom stereocenters. The van der Waals surface area contributed by atoms with Crippen molar-refractivity contribution in [3.05, 3.63) is 71.8 Å². The lowest BCUT2D eigenvalue weighted by Crippen LogP contribution is -2.09. The van der Waals surface area contributed by atoms with Crippen LogP contribution in [0.4, 0.5) is 0 Å². The molecule has 1 aliphatic heterocycles. The van der Waals surface area contributed by atoms with Crippen molar-refractivity contribution in [3.63, 3.8) is 0 Å². The maximum absolute atomic E-state index is 6.36. The Morgan fingerprint density at radius 1 is 0.632 bits per heavy atom. The predicted molar refractivity (Wildman–Crippen MR) is 77.8 cm³/mol. The van der Waals surface area contributed by atoms with E-state index in [4.69, 9.17) is 4.74 Å². The van der Waals surface area contributed by atoms with Gasteiger partial charge in [-0.2, -0.15) is 0 Å². The standard InChI is InChI=1S/C18H20O/c1-13-14(2)18(16-11-7-4-8-12-16)19-17(13)15-9-5-3-6-10-15/h3-14,17-18H,1-2H3. The maximum Gasteiger partial charge on any atom is 0.0862 e. The number of hydrogen-bond donors (Lipinski definition) is 0. The van der Waals surface area contributed by atoms with Crippen LogP contribution >= 0.6 is 0 Å². The van der Waals surface area contributed by atoms with Gasteiger partial charge in [-0.05, 0) is 23.0 Å². The molecule has 0 aliphatic carbocycles. The molecule has 1 nitrogen and oxygen atoms in total. The molecule has 1 aliphatic rings. The van der Waals surface area contributed by atoms with Crippen molar-refractivity contribution in [2.24, 2.45) is 11.8 Å². The summed E-state index contributed by atoms with van der Waals surface area (Å²) >= 11 is 0. The monoisotopic (exact) mass is 252 g/mol. The molecule has 0 aromatic heterocycles. The highest BCUT2D eigenvalue weighted by Crippen LogP contribution is 2.48. The van der Waals surface area contributed by atoms with Crippen molar-refractivity contribution in [1.82, 2.24) is 0 Å². The van der Waals surface area contributed by atoms with E-state index in [-0.39, 0.29) is 12.2 Å². The van der Waals surface area contributed by atoms with Crippen molar-refractivity contribution in [2.75, 3.05) is 0 Å². The number of rotatable bonds is 2. The molecule has 19 heavy (non-hydrogen) atoms. The molecule has 0 N–H and O–H groups in total. The van der Waals surface area contributed by atoms with Gasteiger partial charge >= 0.3 is 0 Å². The fourth-order valence-corrected chi connectivity index (χ4v) is 3.01. The minimum absolute atomic E-state index is 0.210. The molecule has 0 spiro atoms. The Kier molecular flexibility index (Phi) is 3.39. The van der Waals surface area contributed by atoms with Crippen LogP contribution in [0.3, 0.4) is 0 Å². The molecule has 1 heterocycles. The van der Waals surface area contributed by atoms with E-state index in [2.05, 4.69) is 74.5 Å². The number of benzene rings is 2. The lowest BCUT2D eigenvalue weighted by atomic mass is 9.85. The Morgan fingerprint density at radius 3 is 1.37 bits per heavy atom. The molecule has 1 heteroatoms. The second-order valence-electron chi connectivity index (χ2n) is 5.52. The van der Waals surface area contributed by atoms with E-state index in [0.29, 0.717) is 11.8 Å².